The summed E-state index contributed by atoms with van der Waals surface area (Å²) in [5.41, 5.74) is 1.77. The summed E-state index contributed by atoms with van der Waals surface area (Å²) in [5, 5.41) is 9.67. The van der Waals surface area contributed by atoms with Gasteiger partial charge in [-0.1, -0.05) is 30.0 Å². The van der Waals surface area contributed by atoms with Crippen LogP contribution >= 0.6 is 15.9 Å². The zero-order valence-corrected chi connectivity index (χ0v) is 9.45. The molecular formula is C12H8BrNO. The van der Waals surface area contributed by atoms with Crippen LogP contribution in [0.4, 0.5) is 0 Å². The van der Waals surface area contributed by atoms with E-state index in [-0.39, 0.29) is 6.61 Å². The summed E-state index contributed by atoms with van der Waals surface area (Å²) in [6.45, 7) is -0.131. The van der Waals surface area contributed by atoms with Crippen LogP contribution in [0.2, 0.25) is 0 Å². The van der Waals surface area contributed by atoms with Crippen LogP contribution < -0.4 is 0 Å². The molecule has 0 fully saturated rings. The van der Waals surface area contributed by atoms with Crippen molar-refractivity contribution in [1.29, 1.82) is 0 Å². The molecule has 0 saturated carbocycles. The lowest BCUT2D eigenvalue weighted by molar-refractivity contribution is 0.350. The van der Waals surface area contributed by atoms with Crippen LogP contribution in [-0.2, 0) is 0 Å². The maximum absolute atomic E-state index is 8.67. The number of hydrogen-bond donors (Lipinski definition) is 1. The zero-order chi connectivity index (χ0) is 10.7. The molecule has 1 aromatic heterocycles. The van der Waals surface area contributed by atoms with Crippen LogP contribution in [0.1, 0.15) is 5.56 Å². The minimum absolute atomic E-state index is 0.131. The fraction of sp³-hybridized carbons (Fsp3) is 0.0833. The molecule has 0 saturated heterocycles. The SMILES string of the molecule is OCC#Cc1cc(Br)nc2ccccc12. The quantitative estimate of drug-likeness (QED) is 0.584. The number of pyridine rings is 1. The Morgan fingerprint density at radius 1 is 1.33 bits per heavy atom. The second-order valence-electron chi connectivity index (χ2n) is 2.97. The van der Waals surface area contributed by atoms with E-state index in [0.29, 0.717) is 0 Å². The Morgan fingerprint density at radius 2 is 2.13 bits per heavy atom. The first-order valence-electron chi connectivity index (χ1n) is 4.46. The van der Waals surface area contributed by atoms with Crippen molar-refractivity contribution in [1.82, 2.24) is 4.98 Å². The summed E-state index contributed by atoms with van der Waals surface area (Å²) >= 11 is 3.33. The Kier molecular flexibility index (Phi) is 3.00. The molecule has 0 atom stereocenters. The van der Waals surface area contributed by atoms with Gasteiger partial charge in [0.25, 0.3) is 0 Å². The van der Waals surface area contributed by atoms with E-state index in [1.165, 1.54) is 0 Å². The lowest BCUT2D eigenvalue weighted by Crippen LogP contribution is -1.85. The van der Waals surface area contributed by atoms with Crippen LogP contribution in [-0.4, -0.2) is 16.7 Å². The van der Waals surface area contributed by atoms with Gasteiger partial charge >= 0.3 is 0 Å². The van der Waals surface area contributed by atoms with Crippen molar-refractivity contribution in [2.24, 2.45) is 0 Å². The molecule has 0 amide bonds. The number of nitrogens with zero attached hydrogens (tertiary/aromatic N) is 1. The monoisotopic (exact) mass is 261 g/mol. The summed E-state index contributed by atoms with van der Waals surface area (Å²) in [4.78, 5) is 4.33. The van der Waals surface area contributed by atoms with E-state index in [2.05, 4.69) is 32.8 Å². The number of halogens is 1. The van der Waals surface area contributed by atoms with Gasteiger partial charge in [0.2, 0.25) is 0 Å². The third kappa shape index (κ3) is 2.17. The first-order valence-corrected chi connectivity index (χ1v) is 5.25. The van der Waals surface area contributed by atoms with Crippen LogP contribution in [0.3, 0.4) is 0 Å². The Hall–Kier alpha value is -1.37. The number of hydrogen-bond acceptors (Lipinski definition) is 2. The highest BCUT2D eigenvalue weighted by Crippen LogP contribution is 2.20. The number of benzene rings is 1. The van der Waals surface area contributed by atoms with Gasteiger partial charge < -0.3 is 5.11 Å². The Morgan fingerprint density at radius 3 is 2.93 bits per heavy atom. The van der Waals surface area contributed by atoms with Crippen LogP contribution in [0, 0.1) is 11.8 Å². The van der Waals surface area contributed by atoms with E-state index in [0.717, 1.165) is 21.1 Å². The van der Waals surface area contributed by atoms with Gasteiger partial charge in [-0.2, -0.15) is 0 Å². The molecule has 0 unspecified atom stereocenters. The molecule has 3 heteroatoms. The molecule has 2 aromatic rings. The van der Waals surface area contributed by atoms with Gasteiger partial charge in [0.15, 0.2) is 0 Å². The maximum atomic E-state index is 8.67. The second kappa shape index (κ2) is 4.43. The molecule has 0 radical (unpaired) electrons. The van der Waals surface area contributed by atoms with Crippen molar-refractivity contribution in [3.8, 4) is 11.8 Å². The van der Waals surface area contributed by atoms with Gasteiger partial charge in [0, 0.05) is 10.9 Å². The molecule has 0 bridgehead atoms. The number of aromatic nitrogens is 1. The Balaban J connectivity index is 2.71. The summed E-state index contributed by atoms with van der Waals surface area (Å²) in [7, 11) is 0. The van der Waals surface area contributed by atoms with Crippen molar-refractivity contribution in [2.75, 3.05) is 6.61 Å². The summed E-state index contributed by atoms with van der Waals surface area (Å²) in [6.07, 6.45) is 0. The van der Waals surface area contributed by atoms with Gasteiger partial charge in [-0.15, -0.1) is 0 Å². The molecule has 15 heavy (non-hydrogen) atoms. The third-order valence-corrected chi connectivity index (χ3v) is 2.39. The van der Waals surface area contributed by atoms with E-state index in [9.17, 15) is 0 Å². The molecule has 2 nitrogen and oxygen atoms in total. The zero-order valence-electron chi connectivity index (χ0n) is 7.87. The van der Waals surface area contributed by atoms with Gasteiger partial charge in [-0.3, -0.25) is 0 Å². The first kappa shape index (κ1) is 10.2. The van der Waals surface area contributed by atoms with Crippen molar-refractivity contribution in [3.63, 3.8) is 0 Å². The lowest BCUT2D eigenvalue weighted by atomic mass is 10.1. The normalized spacial score (nSPS) is 9.73. The molecule has 74 valence electrons. The van der Waals surface area contributed by atoms with Gasteiger partial charge in [0.1, 0.15) is 11.2 Å². The molecule has 0 aliphatic heterocycles. The van der Waals surface area contributed by atoms with E-state index in [4.69, 9.17) is 5.11 Å². The van der Waals surface area contributed by atoms with E-state index in [1.54, 1.807) is 0 Å². The Labute approximate surface area is 96.1 Å². The molecule has 1 N–H and O–H groups in total. The summed E-state index contributed by atoms with van der Waals surface area (Å²) in [6, 6.07) is 9.64. The number of para-hydroxylation sites is 1. The average Bonchev–Trinajstić information content (AvgIpc) is 2.25. The van der Waals surface area contributed by atoms with Gasteiger partial charge in [-0.05, 0) is 28.1 Å². The highest BCUT2D eigenvalue weighted by Gasteiger charge is 2.00. The lowest BCUT2D eigenvalue weighted by Gasteiger charge is -2.00. The van der Waals surface area contributed by atoms with Crippen molar-refractivity contribution in [3.05, 3.63) is 40.5 Å². The average molecular weight is 262 g/mol. The number of rotatable bonds is 0. The minimum Gasteiger partial charge on any atom is -0.384 e. The fourth-order valence-electron chi connectivity index (χ4n) is 1.38. The molecule has 2 rings (SSSR count). The molecule has 0 aliphatic rings. The standard InChI is InChI=1S/C12H8BrNO/c13-12-8-9(4-3-7-15)10-5-1-2-6-11(10)14-12/h1-2,5-6,8,15H,7H2. The largest absolute Gasteiger partial charge is 0.384 e. The predicted molar refractivity (Wildman–Crippen MR) is 63.4 cm³/mol. The van der Waals surface area contributed by atoms with Gasteiger partial charge in [-0.25, -0.2) is 4.98 Å². The minimum atomic E-state index is -0.131. The highest BCUT2D eigenvalue weighted by molar-refractivity contribution is 9.10. The van der Waals surface area contributed by atoms with E-state index >= 15 is 0 Å². The molecule has 1 aromatic carbocycles. The molecular weight excluding hydrogens is 254 g/mol. The number of fused-ring (bicyclic) bond motifs is 1. The van der Waals surface area contributed by atoms with Gasteiger partial charge in [0.05, 0.1) is 5.52 Å². The maximum Gasteiger partial charge on any atom is 0.108 e. The van der Waals surface area contributed by atoms with Crippen LogP contribution in [0.5, 0.6) is 0 Å². The summed E-state index contributed by atoms with van der Waals surface area (Å²) in [5.74, 6) is 5.55. The fourth-order valence-corrected chi connectivity index (χ4v) is 1.80. The van der Waals surface area contributed by atoms with E-state index < -0.39 is 0 Å². The predicted octanol–water partition coefficient (Wildman–Crippen LogP) is 2.34. The highest BCUT2D eigenvalue weighted by atomic mass is 79.9. The van der Waals surface area contributed by atoms with Crippen LogP contribution in [0.25, 0.3) is 10.9 Å². The molecule has 1 heterocycles. The third-order valence-electron chi connectivity index (χ3n) is 1.99. The number of aliphatic hydroxyl groups is 1. The smallest absolute Gasteiger partial charge is 0.108 e. The molecule has 0 aliphatic carbocycles. The van der Waals surface area contributed by atoms with Crippen molar-refractivity contribution in [2.45, 2.75) is 0 Å². The van der Waals surface area contributed by atoms with Crippen LogP contribution in [0.15, 0.2) is 34.9 Å². The Bertz CT molecular complexity index is 554. The second-order valence-corrected chi connectivity index (χ2v) is 3.78. The topological polar surface area (TPSA) is 33.1 Å². The summed E-state index contributed by atoms with van der Waals surface area (Å²) < 4.78 is 0.753. The number of aliphatic hydroxyl groups excluding tert-OH is 1. The first-order chi connectivity index (χ1) is 7.31. The van der Waals surface area contributed by atoms with Crippen molar-refractivity contribution < 1.29 is 5.11 Å². The van der Waals surface area contributed by atoms with E-state index in [1.807, 2.05) is 30.3 Å². The van der Waals surface area contributed by atoms with Crippen molar-refractivity contribution >= 4 is 26.8 Å². The molecule has 0 spiro atoms.